The van der Waals surface area contributed by atoms with Crippen LogP contribution in [-0.4, -0.2) is 45.3 Å². The Balaban J connectivity index is 1.61. The van der Waals surface area contributed by atoms with Gasteiger partial charge in [0.15, 0.2) is 0 Å². The Morgan fingerprint density at radius 2 is 2.20 bits per heavy atom. The van der Waals surface area contributed by atoms with Gasteiger partial charge in [0, 0.05) is 25.0 Å². The quantitative estimate of drug-likeness (QED) is 0.665. The molecule has 2 N–H and O–H groups in total. The number of alkyl halides is 3. The van der Waals surface area contributed by atoms with Crippen molar-refractivity contribution >= 4 is 11.4 Å². The monoisotopic (exact) mass is 419 g/mol. The molecule has 7 nitrogen and oxygen atoms in total. The van der Waals surface area contributed by atoms with Crippen LogP contribution in [0.2, 0.25) is 0 Å². The lowest BCUT2D eigenvalue weighted by molar-refractivity contribution is -0.187. The number of hydrogen-bond acceptors (Lipinski definition) is 5. The number of carbonyl (C=O) groups excluding carboxylic acids is 1. The lowest BCUT2D eigenvalue weighted by Gasteiger charge is -2.31. The van der Waals surface area contributed by atoms with Gasteiger partial charge in [-0.25, -0.2) is 4.52 Å². The molecular formula is C20H20F3N5O2. The third-order valence-corrected chi connectivity index (χ3v) is 5.17. The standard InChI is InChI=1S/C20H20F3N5O2/c1-13-17(18(29)26-19(20(21,22)23)6-8-24-12-19)16-10-15(5-9-28(16)27-13)30-11-14-4-2-3-7-25-14/h2-5,7,9-10,24H,6,8,11-12H2,1H3,(H,26,29). The molecule has 1 atom stereocenters. The maximum Gasteiger partial charge on any atom is 0.412 e. The second-order valence-corrected chi connectivity index (χ2v) is 7.22. The SMILES string of the molecule is Cc1nn2ccc(OCc3ccccn3)cc2c1C(=O)NC1(C(F)(F)F)CCNC1. The highest BCUT2D eigenvalue weighted by molar-refractivity contribution is 6.02. The number of ether oxygens (including phenoxy) is 1. The lowest BCUT2D eigenvalue weighted by atomic mass is 9.97. The Morgan fingerprint density at radius 3 is 2.87 bits per heavy atom. The number of aromatic nitrogens is 3. The third kappa shape index (κ3) is 3.70. The number of aryl methyl sites for hydroxylation is 1. The van der Waals surface area contributed by atoms with Gasteiger partial charge in [-0.15, -0.1) is 0 Å². The molecule has 0 bridgehead atoms. The first-order valence-corrected chi connectivity index (χ1v) is 9.41. The van der Waals surface area contributed by atoms with E-state index in [4.69, 9.17) is 4.74 Å². The van der Waals surface area contributed by atoms with Crippen molar-refractivity contribution in [3.8, 4) is 5.75 Å². The summed E-state index contributed by atoms with van der Waals surface area (Å²) in [5.74, 6) is -0.361. The highest BCUT2D eigenvalue weighted by Crippen LogP contribution is 2.35. The molecule has 1 aliphatic rings. The number of nitrogens with zero attached hydrogens (tertiary/aromatic N) is 3. The minimum atomic E-state index is -4.57. The van der Waals surface area contributed by atoms with E-state index in [1.54, 1.807) is 37.5 Å². The maximum absolute atomic E-state index is 13.7. The van der Waals surface area contributed by atoms with E-state index in [9.17, 15) is 18.0 Å². The highest BCUT2D eigenvalue weighted by atomic mass is 19.4. The van der Waals surface area contributed by atoms with Crippen molar-refractivity contribution in [1.29, 1.82) is 0 Å². The van der Waals surface area contributed by atoms with Crippen molar-refractivity contribution < 1.29 is 22.7 Å². The first kappa shape index (κ1) is 20.1. The predicted molar refractivity (Wildman–Crippen MR) is 102 cm³/mol. The Labute approximate surface area is 170 Å². The van der Waals surface area contributed by atoms with E-state index in [1.165, 1.54) is 4.52 Å². The molecule has 1 fully saturated rings. The minimum Gasteiger partial charge on any atom is -0.487 e. The summed E-state index contributed by atoms with van der Waals surface area (Å²) in [5.41, 5.74) is -0.781. The summed E-state index contributed by atoms with van der Waals surface area (Å²) < 4.78 is 48.1. The van der Waals surface area contributed by atoms with Crippen molar-refractivity contribution in [2.75, 3.05) is 13.1 Å². The molecule has 0 radical (unpaired) electrons. The van der Waals surface area contributed by atoms with Gasteiger partial charge in [0.2, 0.25) is 0 Å². The molecule has 0 aliphatic carbocycles. The van der Waals surface area contributed by atoms with E-state index >= 15 is 0 Å². The van der Waals surface area contributed by atoms with E-state index < -0.39 is 17.6 Å². The normalized spacial score (nSPS) is 19.2. The average molecular weight is 419 g/mol. The van der Waals surface area contributed by atoms with Crippen LogP contribution in [0.1, 0.15) is 28.2 Å². The topological polar surface area (TPSA) is 80.5 Å². The molecule has 10 heteroatoms. The minimum absolute atomic E-state index is 0.0915. The number of rotatable bonds is 5. The molecule has 158 valence electrons. The van der Waals surface area contributed by atoms with Crippen LogP contribution in [0.5, 0.6) is 5.75 Å². The number of pyridine rings is 2. The van der Waals surface area contributed by atoms with E-state index in [2.05, 4.69) is 20.7 Å². The zero-order valence-electron chi connectivity index (χ0n) is 16.2. The van der Waals surface area contributed by atoms with Gasteiger partial charge in [-0.3, -0.25) is 9.78 Å². The van der Waals surface area contributed by atoms with Gasteiger partial charge >= 0.3 is 6.18 Å². The summed E-state index contributed by atoms with van der Waals surface area (Å²) in [6.45, 7) is 1.62. The summed E-state index contributed by atoms with van der Waals surface area (Å²) >= 11 is 0. The molecule has 3 aromatic heterocycles. The summed E-state index contributed by atoms with van der Waals surface area (Å²) in [6.07, 6.45) is -1.54. The molecule has 0 saturated carbocycles. The fraction of sp³-hybridized carbons (Fsp3) is 0.350. The molecule has 3 aromatic rings. The summed E-state index contributed by atoms with van der Waals surface area (Å²) in [5, 5.41) is 9.14. The summed E-state index contributed by atoms with van der Waals surface area (Å²) in [7, 11) is 0. The van der Waals surface area contributed by atoms with Crippen molar-refractivity contribution in [2.24, 2.45) is 0 Å². The number of amides is 1. The van der Waals surface area contributed by atoms with Crippen LogP contribution in [0.4, 0.5) is 13.2 Å². The number of hydrogen-bond donors (Lipinski definition) is 2. The van der Waals surface area contributed by atoms with Crippen LogP contribution in [0.25, 0.3) is 5.52 Å². The number of nitrogens with one attached hydrogen (secondary N) is 2. The molecule has 0 spiro atoms. The van der Waals surface area contributed by atoms with Crippen molar-refractivity contribution in [3.05, 3.63) is 59.7 Å². The van der Waals surface area contributed by atoms with Crippen LogP contribution < -0.4 is 15.4 Å². The fourth-order valence-electron chi connectivity index (χ4n) is 3.55. The zero-order valence-corrected chi connectivity index (χ0v) is 16.2. The van der Waals surface area contributed by atoms with E-state index in [0.29, 0.717) is 17.0 Å². The largest absolute Gasteiger partial charge is 0.487 e. The second-order valence-electron chi connectivity index (χ2n) is 7.22. The van der Waals surface area contributed by atoms with Crippen molar-refractivity contribution in [2.45, 2.75) is 31.7 Å². The summed E-state index contributed by atoms with van der Waals surface area (Å²) in [6, 6.07) is 8.70. The molecule has 30 heavy (non-hydrogen) atoms. The maximum atomic E-state index is 13.7. The third-order valence-electron chi connectivity index (χ3n) is 5.17. The van der Waals surface area contributed by atoms with Gasteiger partial charge in [0.05, 0.1) is 22.5 Å². The van der Waals surface area contributed by atoms with Crippen LogP contribution in [-0.2, 0) is 6.61 Å². The lowest BCUT2D eigenvalue weighted by Crippen LogP contribution is -2.60. The second kappa shape index (κ2) is 7.60. The Kier molecular flexibility index (Phi) is 5.10. The van der Waals surface area contributed by atoms with E-state index in [0.717, 1.165) is 5.69 Å². The molecule has 4 rings (SSSR count). The smallest absolute Gasteiger partial charge is 0.412 e. The Hall–Kier alpha value is -3.14. The molecule has 1 aliphatic heterocycles. The van der Waals surface area contributed by atoms with Crippen LogP contribution in [0.3, 0.4) is 0 Å². The fourth-order valence-corrected chi connectivity index (χ4v) is 3.55. The number of halogens is 3. The summed E-state index contributed by atoms with van der Waals surface area (Å²) in [4.78, 5) is 17.1. The average Bonchev–Trinajstić information content (AvgIpc) is 3.31. The first-order chi connectivity index (χ1) is 14.3. The van der Waals surface area contributed by atoms with Gasteiger partial charge in [-0.1, -0.05) is 6.07 Å². The van der Waals surface area contributed by atoms with Crippen LogP contribution >= 0.6 is 0 Å². The van der Waals surface area contributed by atoms with Gasteiger partial charge < -0.3 is 15.4 Å². The van der Waals surface area contributed by atoms with Gasteiger partial charge in [0.1, 0.15) is 17.9 Å². The van der Waals surface area contributed by atoms with Gasteiger partial charge in [-0.2, -0.15) is 18.3 Å². The Morgan fingerprint density at radius 1 is 1.37 bits per heavy atom. The highest BCUT2D eigenvalue weighted by Gasteiger charge is 2.57. The van der Waals surface area contributed by atoms with Gasteiger partial charge in [-0.05, 0) is 38.1 Å². The molecular weight excluding hydrogens is 399 g/mol. The molecule has 4 heterocycles. The van der Waals surface area contributed by atoms with Crippen LogP contribution in [0, 0.1) is 6.92 Å². The number of carbonyl (C=O) groups is 1. The van der Waals surface area contributed by atoms with Gasteiger partial charge in [0.25, 0.3) is 5.91 Å². The number of fused-ring (bicyclic) bond motifs is 1. The molecule has 1 unspecified atom stereocenters. The molecule has 1 amide bonds. The van der Waals surface area contributed by atoms with E-state index in [1.807, 2.05) is 12.1 Å². The molecule has 0 aromatic carbocycles. The predicted octanol–water partition coefficient (Wildman–Crippen LogP) is 2.64. The molecule has 1 saturated heterocycles. The zero-order chi connectivity index (χ0) is 21.4. The van der Waals surface area contributed by atoms with Crippen LogP contribution in [0.15, 0.2) is 42.7 Å². The van der Waals surface area contributed by atoms with E-state index in [-0.39, 0.29) is 31.7 Å². The van der Waals surface area contributed by atoms with Crippen molar-refractivity contribution in [3.63, 3.8) is 0 Å². The first-order valence-electron chi connectivity index (χ1n) is 9.41. The van der Waals surface area contributed by atoms with Crippen molar-refractivity contribution in [1.82, 2.24) is 25.2 Å². The Bertz CT molecular complexity index is 1060.